The first-order chi connectivity index (χ1) is 21.1. The molecule has 45 heavy (non-hydrogen) atoms. The van der Waals surface area contributed by atoms with Crippen LogP contribution in [-0.4, -0.2) is 47.8 Å². The Morgan fingerprint density at radius 1 is 1.02 bits per heavy atom. The number of ether oxygens (including phenoxy) is 3. The second-order valence-corrected chi connectivity index (χ2v) is 11.9. The highest BCUT2D eigenvalue weighted by molar-refractivity contribution is 6.03. The molecule has 240 valence electrons. The Balaban J connectivity index is 1.32. The zero-order valence-electron chi connectivity index (χ0n) is 26.1. The van der Waals surface area contributed by atoms with Gasteiger partial charge in [0.1, 0.15) is 11.7 Å². The molecule has 1 aromatic carbocycles. The Bertz CT molecular complexity index is 1670. The van der Waals surface area contributed by atoms with Crippen molar-refractivity contribution >= 4 is 17.5 Å². The zero-order chi connectivity index (χ0) is 32.7. The summed E-state index contributed by atoms with van der Waals surface area (Å²) in [6.45, 7) is 9.70. The number of furan rings is 1. The number of carbonyl (C=O) groups is 1. The molecule has 1 aliphatic rings. The van der Waals surface area contributed by atoms with Gasteiger partial charge in [-0.1, -0.05) is 12.1 Å². The van der Waals surface area contributed by atoms with Crippen molar-refractivity contribution in [2.75, 3.05) is 31.4 Å². The van der Waals surface area contributed by atoms with Gasteiger partial charge in [0.05, 0.1) is 25.4 Å². The summed E-state index contributed by atoms with van der Waals surface area (Å²) in [6.07, 6.45) is -2.65. The Labute approximate surface area is 258 Å². The summed E-state index contributed by atoms with van der Waals surface area (Å²) in [4.78, 5) is 24.1. The minimum absolute atomic E-state index is 0.00967. The van der Waals surface area contributed by atoms with Crippen molar-refractivity contribution in [2.45, 2.75) is 64.3 Å². The van der Waals surface area contributed by atoms with Crippen LogP contribution < -0.4 is 20.1 Å². The standard InChI is InChI=1S/C32H36F3N5O5/c1-17-13-20-21(31(4,5)45-30(20,2)3)15-18(17)14-19-10-11-24(44-19)26(41)38-25-27(42-6)39-29(40-28(25)43-7)37-16-22(32(33,34)35)23-9-8-12-36-23/h8-13,15,22,36H,14,16H2,1-7H3,(H,38,41)(H,37,39,40). The molecule has 0 bridgehead atoms. The number of rotatable bonds is 10. The van der Waals surface area contributed by atoms with Gasteiger partial charge in [-0.25, -0.2) is 0 Å². The van der Waals surface area contributed by atoms with E-state index in [2.05, 4.69) is 51.6 Å². The number of aromatic amines is 1. The largest absolute Gasteiger partial charge is 0.479 e. The molecular weight excluding hydrogens is 591 g/mol. The maximum atomic E-state index is 13.7. The summed E-state index contributed by atoms with van der Waals surface area (Å²) in [5.41, 5.74) is 3.55. The molecule has 1 amide bonds. The summed E-state index contributed by atoms with van der Waals surface area (Å²) in [6, 6.07) is 10.4. The number of amides is 1. The van der Waals surface area contributed by atoms with Gasteiger partial charge in [0.15, 0.2) is 11.4 Å². The summed E-state index contributed by atoms with van der Waals surface area (Å²) in [5, 5.41) is 5.24. The van der Waals surface area contributed by atoms with Gasteiger partial charge in [0.25, 0.3) is 5.91 Å². The molecule has 0 spiro atoms. The van der Waals surface area contributed by atoms with Gasteiger partial charge in [0.2, 0.25) is 17.7 Å². The van der Waals surface area contributed by atoms with Crippen LogP contribution in [0.2, 0.25) is 0 Å². The molecule has 5 rings (SSSR count). The number of halogens is 3. The van der Waals surface area contributed by atoms with Crippen LogP contribution in [-0.2, 0) is 22.4 Å². The smallest absolute Gasteiger partial charge is 0.398 e. The van der Waals surface area contributed by atoms with Crippen LogP contribution in [0.1, 0.15) is 77.9 Å². The number of aromatic nitrogens is 3. The van der Waals surface area contributed by atoms with Crippen molar-refractivity contribution in [3.05, 3.63) is 82.1 Å². The van der Waals surface area contributed by atoms with E-state index in [4.69, 9.17) is 18.6 Å². The van der Waals surface area contributed by atoms with Crippen LogP contribution in [0.15, 0.2) is 47.0 Å². The van der Waals surface area contributed by atoms with E-state index in [9.17, 15) is 18.0 Å². The average molecular weight is 628 g/mol. The Morgan fingerprint density at radius 2 is 1.67 bits per heavy atom. The van der Waals surface area contributed by atoms with Gasteiger partial charge in [-0.05, 0) is 81.1 Å². The first-order valence-electron chi connectivity index (χ1n) is 14.3. The van der Waals surface area contributed by atoms with Crippen molar-refractivity contribution < 1.29 is 36.6 Å². The van der Waals surface area contributed by atoms with Crippen LogP contribution in [0.4, 0.5) is 24.8 Å². The molecule has 0 saturated carbocycles. The molecule has 0 fully saturated rings. The van der Waals surface area contributed by atoms with Gasteiger partial charge < -0.3 is 34.2 Å². The highest BCUT2D eigenvalue weighted by Crippen LogP contribution is 2.47. The lowest BCUT2D eigenvalue weighted by Crippen LogP contribution is -2.28. The number of hydrogen-bond acceptors (Lipinski definition) is 8. The fourth-order valence-electron chi connectivity index (χ4n) is 5.70. The third-order valence-electron chi connectivity index (χ3n) is 7.86. The number of fused-ring (bicyclic) bond motifs is 1. The van der Waals surface area contributed by atoms with E-state index in [-0.39, 0.29) is 34.8 Å². The van der Waals surface area contributed by atoms with Gasteiger partial charge in [-0.3, -0.25) is 4.79 Å². The Morgan fingerprint density at radius 3 is 2.24 bits per heavy atom. The fourth-order valence-corrected chi connectivity index (χ4v) is 5.70. The quantitative estimate of drug-likeness (QED) is 0.175. The third kappa shape index (κ3) is 6.48. The maximum Gasteiger partial charge on any atom is 0.398 e. The minimum Gasteiger partial charge on any atom is -0.479 e. The van der Waals surface area contributed by atoms with Crippen molar-refractivity contribution in [1.29, 1.82) is 0 Å². The summed E-state index contributed by atoms with van der Waals surface area (Å²) < 4.78 is 63.9. The second kappa shape index (κ2) is 11.8. The number of nitrogens with zero attached hydrogens (tertiary/aromatic N) is 2. The topological polar surface area (TPSA) is 124 Å². The maximum absolute atomic E-state index is 13.7. The van der Waals surface area contributed by atoms with Gasteiger partial charge in [-0.2, -0.15) is 23.1 Å². The summed E-state index contributed by atoms with van der Waals surface area (Å²) in [7, 11) is 2.60. The molecule has 1 atom stereocenters. The highest BCUT2D eigenvalue weighted by Gasteiger charge is 2.43. The van der Waals surface area contributed by atoms with Crippen molar-refractivity contribution in [3.63, 3.8) is 0 Å². The first-order valence-corrected chi connectivity index (χ1v) is 14.3. The van der Waals surface area contributed by atoms with Crippen LogP contribution in [0.5, 0.6) is 11.8 Å². The summed E-state index contributed by atoms with van der Waals surface area (Å²) in [5.74, 6) is -2.26. The van der Waals surface area contributed by atoms with Crippen molar-refractivity contribution in [3.8, 4) is 11.8 Å². The molecule has 0 aliphatic carbocycles. The normalized spacial score (nSPS) is 15.8. The summed E-state index contributed by atoms with van der Waals surface area (Å²) >= 11 is 0. The van der Waals surface area contributed by atoms with E-state index < -0.39 is 35.7 Å². The minimum atomic E-state index is -4.52. The molecule has 13 heteroatoms. The molecule has 3 aromatic heterocycles. The number of carbonyl (C=O) groups excluding carboxylic acids is 1. The van der Waals surface area contributed by atoms with Crippen molar-refractivity contribution in [1.82, 2.24) is 15.0 Å². The number of benzene rings is 1. The van der Waals surface area contributed by atoms with E-state index in [1.165, 1.54) is 32.5 Å². The molecule has 1 unspecified atom stereocenters. The second-order valence-electron chi connectivity index (χ2n) is 11.9. The number of nitrogens with one attached hydrogen (secondary N) is 3. The van der Waals surface area contributed by atoms with E-state index in [1.54, 1.807) is 12.1 Å². The zero-order valence-corrected chi connectivity index (χ0v) is 26.1. The number of aryl methyl sites for hydroxylation is 1. The third-order valence-corrected chi connectivity index (χ3v) is 7.86. The van der Waals surface area contributed by atoms with E-state index in [1.807, 2.05) is 20.8 Å². The van der Waals surface area contributed by atoms with Crippen molar-refractivity contribution in [2.24, 2.45) is 0 Å². The van der Waals surface area contributed by atoms with Crippen LogP contribution in [0.25, 0.3) is 0 Å². The monoisotopic (exact) mass is 627 g/mol. The lowest BCUT2D eigenvalue weighted by atomic mass is 9.86. The number of methoxy groups -OCH3 is 2. The SMILES string of the molecule is COc1nc(NCC(c2ccc[nH]2)C(F)(F)F)nc(OC)c1NC(=O)c1ccc(Cc2cc3c(cc2C)C(C)(C)OC3(C)C)o1. The molecule has 10 nitrogen and oxygen atoms in total. The number of anilines is 2. The van der Waals surface area contributed by atoms with E-state index >= 15 is 0 Å². The number of H-pyrrole nitrogens is 1. The predicted molar refractivity (Wildman–Crippen MR) is 161 cm³/mol. The lowest BCUT2D eigenvalue weighted by Gasteiger charge is -2.24. The van der Waals surface area contributed by atoms with Crippen LogP contribution in [0.3, 0.4) is 0 Å². The predicted octanol–water partition coefficient (Wildman–Crippen LogP) is 6.82. The van der Waals surface area contributed by atoms with Gasteiger partial charge >= 0.3 is 6.18 Å². The lowest BCUT2D eigenvalue weighted by molar-refractivity contribution is -0.148. The molecule has 0 saturated heterocycles. The van der Waals surface area contributed by atoms with Crippen LogP contribution >= 0.6 is 0 Å². The molecule has 1 aliphatic heterocycles. The fraction of sp³-hybridized carbons (Fsp3) is 0.406. The average Bonchev–Trinajstić information content (AvgIpc) is 3.69. The molecule has 4 aromatic rings. The van der Waals surface area contributed by atoms with E-state index in [0.29, 0.717) is 12.2 Å². The molecule has 0 radical (unpaired) electrons. The van der Waals surface area contributed by atoms with Crippen LogP contribution in [0, 0.1) is 6.92 Å². The van der Waals surface area contributed by atoms with Gasteiger partial charge in [0, 0.05) is 24.9 Å². The van der Waals surface area contributed by atoms with Gasteiger partial charge in [-0.15, -0.1) is 0 Å². The number of alkyl halides is 3. The molecule has 3 N–H and O–H groups in total. The number of hydrogen-bond donors (Lipinski definition) is 3. The molecule has 4 heterocycles. The Hall–Kier alpha value is -4.52. The van der Waals surface area contributed by atoms with E-state index in [0.717, 1.165) is 22.3 Å². The Kier molecular flexibility index (Phi) is 8.34. The highest BCUT2D eigenvalue weighted by atomic mass is 19.4. The first kappa shape index (κ1) is 31.9. The molecular formula is C32H36F3N5O5.